The molecule has 1 saturated heterocycles. The Labute approximate surface area is 155 Å². The molecule has 1 fully saturated rings. The number of hydrogen-bond donors (Lipinski definition) is 1. The van der Waals surface area contributed by atoms with Gasteiger partial charge < -0.3 is 14.8 Å². The standard InChI is InChI=1S/C18H18N6O3/c25-18(13-6-8-19-17(10-13)27-15-7-9-26-12-15)20-11-16-21-22-23-24(16)14-4-2-1-3-5-14/h1-6,8,10,15H,7,9,11-12H2,(H,20,25). The highest BCUT2D eigenvalue weighted by Crippen LogP contribution is 2.16. The molecule has 3 heterocycles. The first-order valence-electron chi connectivity index (χ1n) is 8.61. The van der Waals surface area contributed by atoms with Gasteiger partial charge in [-0.1, -0.05) is 18.2 Å². The molecule has 1 atom stereocenters. The van der Waals surface area contributed by atoms with Gasteiger partial charge in [-0.05, 0) is 28.6 Å². The molecule has 9 heteroatoms. The fourth-order valence-electron chi connectivity index (χ4n) is 2.74. The van der Waals surface area contributed by atoms with E-state index in [9.17, 15) is 4.79 Å². The molecular formula is C18H18N6O3. The highest BCUT2D eigenvalue weighted by molar-refractivity contribution is 5.94. The van der Waals surface area contributed by atoms with Crippen LogP contribution in [0.25, 0.3) is 5.69 Å². The number of carbonyl (C=O) groups excluding carboxylic acids is 1. The van der Waals surface area contributed by atoms with E-state index in [-0.39, 0.29) is 18.6 Å². The van der Waals surface area contributed by atoms with Crippen molar-refractivity contribution in [2.24, 2.45) is 0 Å². The van der Waals surface area contributed by atoms with Crippen molar-refractivity contribution in [3.8, 4) is 11.6 Å². The van der Waals surface area contributed by atoms with Crippen molar-refractivity contribution in [2.75, 3.05) is 13.2 Å². The second-order valence-corrected chi connectivity index (χ2v) is 6.01. The molecular weight excluding hydrogens is 348 g/mol. The molecule has 4 rings (SSSR count). The van der Waals surface area contributed by atoms with Crippen LogP contribution in [0.3, 0.4) is 0 Å². The van der Waals surface area contributed by atoms with Crippen molar-refractivity contribution in [3.05, 3.63) is 60.0 Å². The summed E-state index contributed by atoms with van der Waals surface area (Å²) in [6.07, 6.45) is 2.35. The van der Waals surface area contributed by atoms with E-state index in [0.29, 0.717) is 30.5 Å². The van der Waals surface area contributed by atoms with Gasteiger partial charge in [0.05, 0.1) is 25.4 Å². The van der Waals surface area contributed by atoms with Crippen molar-refractivity contribution in [3.63, 3.8) is 0 Å². The van der Waals surface area contributed by atoms with Crippen LogP contribution in [0.2, 0.25) is 0 Å². The Balaban J connectivity index is 1.41. The zero-order chi connectivity index (χ0) is 18.5. The van der Waals surface area contributed by atoms with E-state index >= 15 is 0 Å². The van der Waals surface area contributed by atoms with Crippen LogP contribution in [0.15, 0.2) is 48.7 Å². The summed E-state index contributed by atoms with van der Waals surface area (Å²) in [5, 5.41) is 14.5. The molecule has 3 aromatic rings. The highest BCUT2D eigenvalue weighted by atomic mass is 16.5. The number of rotatable bonds is 6. The third kappa shape index (κ3) is 4.09. The normalized spacial score (nSPS) is 16.2. The van der Waals surface area contributed by atoms with Crippen LogP contribution >= 0.6 is 0 Å². The van der Waals surface area contributed by atoms with Gasteiger partial charge in [0.2, 0.25) is 5.88 Å². The van der Waals surface area contributed by atoms with Gasteiger partial charge >= 0.3 is 0 Å². The van der Waals surface area contributed by atoms with Crippen LogP contribution in [0.1, 0.15) is 22.6 Å². The minimum Gasteiger partial charge on any atom is -0.472 e. The zero-order valence-corrected chi connectivity index (χ0v) is 14.5. The lowest BCUT2D eigenvalue weighted by atomic mass is 10.2. The van der Waals surface area contributed by atoms with Crippen LogP contribution in [0, 0.1) is 0 Å². The maximum absolute atomic E-state index is 12.5. The van der Waals surface area contributed by atoms with Crippen LogP contribution in [-0.2, 0) is 11.3 Å². The summed E-state index contributed by atoms with van der Waals surface area (Å²) in [4.78, 5) is 16.6. The van der Waals surface area contributed by atoms with E-state index in [2.05, 4.69) is 25.8 Å². The first-order chi connectivity index (χ1) is 13.3. The Morgan fingerprint density at radius 2 is 2.19 bits per heavy atom. The fourth-order valence-corrected chi connectivity index (χ4v) is 2.74. The van der Waals surface area contributed by atoms with Crippen LogP contribution in [-0.4, -0.2) is 50.4 Å². The number of nitrogens with zero attached hydrogens (tertiary/aromatic N) is 5. The first-order valence-corrected chi connectivity index (χ1v) is 8.61. The fraction of sp³-hybridized carbons (Fsp3) is 0.278. The Hall–Kier alpha value is -3.33. The second-order valence-electron chi connectivity index (χ2n) is 6.01. The molecule has 1 aliphatic heterocycles. The number of ether oxygens (including phenoxy) is 2. The molecule has 0 radical (unpaired) electrons. The van der Waals surface area contributed by atoms with E-state index in [1.54, 1.807) is 23.0 Å². The number of aromatic nitrogens is 5. The van der Waals surface area contributed by atoms with E-state index in [0.717, 1.165) is 12.1 Å². The molecule has 0 aliphatic carbocycles. The van der Waals surface area contributed by atoms with Gasteiger partial charge in [0.1, 0.15) is 6.10 Å². The molecule has 0 bridgehead atoms. The van der Waals surface area contributed by atoms with Gasteiger partial charge in [0.15, 0.2) is 5.82 Å². The van der Waals surface area contributed by atoms with Gasteiger partial charge in [-0.25, -0.2) is 4.98 Å². The number of carbonyl (C=O) groups is 1. The average Bonchev–Trinajstić information content (AvgIpc) is 3.39. The SMILES string of the molecule is O=C(NCc1nnnn1-c1ccccc1)c1ccnc(OC2CCOC2)c1. The van der Waals surface area contributed by atoms with Gasteiger partial charge in [-0.3, -0.25) is 4.79 Å². The number of hydrogen-bond acceptors (Lipinski definition) is 7. The third-order valence-electron chi connectivity index (χ3n) is 4.11. The lowest BCUT2D eigenvalue weighted by molar-refractivity contribution is 0.0948. The van der Waals surface area contributed by atoms with E-state index < -0.39 is 0 Å². The second kappa shape index (κ2) is 7.92. The Morgan fingerprint density at radius 3 is 3.00 bits per heavy atom. The number of pyridine rings is 1. The van der Waals surface area contributed by atoms with Crippen molar-refractivity contribution in [2.45, 2.75) is 19.1 Å². The number of amides is 1. The van der Waals surface area contributed by atoms with E-state index in [1.165, 1.54) is 0 Å². The maximum Gasteiger partial charge on any atom is 0.251 e. The molecule has 2 aromatic heterocycles. The Bertz CT molecular complexity index is 908. The smallest absolute Gasteiger partial charge is 0.251 e. The lowest BCUT2D eigenvalue weighted by Crippen LogP contribution is -2.25. The molecule has 27 heavy (non-hydrogen) atoms. The van der Waals surface area contributed by atoms with Crippen molar-refractivity contribution < 1.29 is 14.3 Å². The topological polar surface area (TPSA) is 104 Å². The summed E-state index contributed by atoms with van der Waals surface area (Å²) >= 11 is 0. The summed E-state index contributed by atoms with van der Waals surface area (Å²) in [6, 6.07) is 12.7. The largest absolute Gasteiger partial charge is 0.472 e. The summed E-state index contributed by atoms with van der Waals surface area (Å²) in [7, 11) is 0. The number of benzene rings is 1. The summed E-state index contributed by atoms with van der Waals surface area (Å²) < 4.78 is 12.6. The Morgan fingerprint density at radius 1 is 1.30 bits per heavy atom. The Kier molecular flexibility index (Phi) is 5.01. The van der Waals surface area contributed by atoms with Crippen molar-refractivity contribution >= 4 is 5.91 Å². The molecule has 1 amide bonds. The number of para-hydroxylation sites is 1. The maximum atomic E-state index is 12.5. The molecule has 0 spiro atoms. The van der Waals surface area contributed by atoms with Gasteiger partial charge in [-0.2, -0.15) is 4.68 Å². The van der Waals surface area contributed by atoms with Crippen LogP contribution < -0.4 is 10.1 Å². The average molecular weight is 366 g/mol. The predicted octanol–water partition coefficient (Wildman–Crippen LogP) is 1.15. The predicted molar refractivity (Wildman–Crippen MR) is 94.4 cm³/mol. The molecule has 1 aromatic carbocycles. The van der Waals surface area contributed by atoms with E-state index in [1.807, 2.05) is 30.3 Å². The number of tetrazole rings is 1. The quantitative estimate of drug-likeness (QED) is 0.698. The molecule has 1 aliphatic rings. The molecule has 138 valence electrons. The van der Waals surface area contributed by atoms with Crippen molar-refractivity contribution in [1.82, 2.24) is 30.5 Å². The third-order valence-corrected chi connectivity index (χ3v) is 4.11. The number of nitrogens with one attached hydrogen (secondary N) is 1. The first kappa shape index (κ1) is 17.1. The van der Waals surface area contributed by atoms with Crippen LogP contribution in [0.4, 0.5) is 0 Å². The zero-order valence-electron chi connectivity index (χ0n) is 14.5. The minimum atomic E-state index is -0.257. The van der Waals surface area contributed by atoms with E-state index in [4.69, 9.17) is 9.47 Å². The lowest BCUT2D eigenvalue weighted by Gasteiger charge is -2.11. The molecule has 0 saturated carbocycles. The summed E-state index contributed by atoms with van der Waals surface area (Å²) in [6.45, 7) is 1.41. The summed E-state index contributed by atoms with van der Waals surface area (Å²) in [5.41, 5.74) is 1.28. The van der Waals surface area contributed by atoms with Crippen molar-refractivity contribution in [1.29, 1.82) is 0 Å². The molecule has 1 N–H and O–H groups in total. The van der Waals surface area contributed by atoms with Gasteiger partial charge in [0.25, 0.3) is 5.91 Å². The minimum absolute atomic E-state index is 0.0219. The monoisotopic (exact) mass is 366 g/mol. The molecule has 9 nitrogen and oxygen atoms in total. The highest BCUT2D eigenvalue weighted by Gasteiger charge is 2.18. The van der Waals surface area contributed by atoms with Gasteiger partial charge in [-0.15, -0.1) is 5.10 Å². The van der Waals surface area contributed by atoms with Gasteiger partial charge in [0, 0.05) is 24.2 Å². The summed E-state index contributed by atoms with van der Waals surface area (Å²) in [5.74, 6) is 0.683. The van der Waals surface area contributed by atoms with Crippen LogP contribution in [0.5, 0.6) is 5.88 Å². The molecule has 1 unspecified atom stereocenters.